The van der Waals surface area contributed by atoms with Crippen molar-refractivity contribution >= 4 is 51.8 Å². The maximum absolute atomic E-state index is 12.3. The van der Waals surface area contributed by atoms with Gasteiger partial charge in [0.1, 0.15) is 5.82 Å². The third-order valence-corrected chi connectivity index (χ3v) is 5.96. The Bertz CT molecular complexity index is 974. The number of aromatic nitrogens is 2. The quantitative estimate of drug-likeness (QED) is 0.188. The van der Waals surface area contributed by atoms with Crippen molar-refractivity contribution in [3.05, 3.63) is 60.4 Å². The highest BCUT2D eigenvalue weighted by molar-refractivity contribution is 14.0. The number of halogens is 1. The summed E-state index contributed by atoms with van der Waals surface area (Å²) < 4.78 is 14.6. The Morgan fingerprint density at radius 3 is 2.60 bits per heavy atom. The molecule has 2 aromatic carbocycles. The van der Waals surface area contributed by atoms with E-state index in [1.807, 2.05) is 62.4 Å². The van der Waals surface area contributed by atoms with Gasteiger partial charge < -0.3 is 15.2 Å². The van der Waals surface area contributed by atoms with Gasteiger partial charge in [0, 0.05) is 36.8 Å². The third kappa shape index (κ3) is 6.80. The molecule has 3 rings (SSSR count). The van der Waals surface area contributed by atoms with E-state index in [2.05, 4.69) is 31.2 Å². The number of guanidine groups is 1. The van der Waals surface area contributed by atoms with Gasteiger partial charge in [-0.25, -0.2) is 4.98 Å². The molecule has 6 nitrogen and oxygen atoms in total. The van der Waals surface area contributed by atoms with E-state index in [-0.39, 0.29) is 24.0 Å². The lowest BCUT2D eigenvalue weighted by Crippen LogP contribution is -2.39. The van der Waals surface area contributed by atoms with Crippen LogP contribution in [0.3, 0.4) is 0 Å². The molecule has 1 atom stereocenters. The van der Waals surface area contributed by atoms with Gasteiger partial charge in [-0.1, -0.05) is 30.3 Å². The summed E-state index contributed by atoms with van der Waals surface area (Å²) in [5.41, 5.74) is 2.21. The number of hydrogen-bond donors (Lipinski definition) is 2. The lowest BCUT2D eigenvalue weighted by atomic mass is 10.3. The average molecular weight is 539 g/mol. The van der Waals surface area contributed by atoms with Crippen molar-refractivity contribution in [1.82, 2.24) is 20.2 Å². The maximum atomic E-state index is 12.3. The Balaban J connectivity index is 0.00000320. The van der Waals surface area contributed by atoms with E-state index >= 15 is 0 Å². The highest BCUT2D eigenvalue weighted by Gasteiger charge is 2.06. The lowest BCUT2D eigenvalue weighted by Gasteiger charge is -2.11. The van der Waals surface area contributed by atoms with Crippen LogP contribution in [-0.2, 0) is 17.3 Å². The first kappa shape index (κ1) is 24.3. The van der Waals surface area contributed by atoms with E-state index in [0.717, 1.165) is 41.7 Å². The van der Waals surface area contributed by atoms with Crippen LogP contribution in [0.4, 0.5) is 0 Å². The molecule has 0 saturated heterocycles. The first-order valence-electron chi connectivity index (χ1n) is 10.1. The number of imidazole rings is 1. The second-order valence-corrected chi connectivity index (χ2v) is 8.27. The van der Waals surface area contributed by atoms with Gasteiger partial charge in [-0.2, -0.15) is 0 Å². The van der Waals surface area contributed by atoms with Crippen molar-refractivity contribution in [2.24, 2.45) is 4.99 Å². The van der Waals surface area contributed by atoms with Crippen molar-refractivity contribution in [3.8, 4) is 0 Å². The molecule has 8 heteroatoms. The van der Waals surface area contributed by atoms with Crippen molar-refractivity contribution in [3.63, 3.8) is 0 Å². The van der Waals surface area contributed by atoms with Crippen molar-refractivity contribution in [2.45, 2.75) is 31.7 Å². The van der Waals surface area contributed by atoms with Gasteiger partial charge in [-0.3, -0.25) is 9.20 Å². The number of nitrogens with zero attached hydrogens (tertiary/aromatic N) is 3. The van der Waals surface area contributed by atoms with Crippen LogP contribution in [-0.4, -0.2) is 45.1 Å². The summed E-state index contributed by atoms with van der Waals surface area (Å²) in [5, 5.41) is 6.53. The lowest BCUT2D eigenvalue weighted by molar-refractivity contribution is 0.646. The zero-order chi connectivity index (χ0) is 20.5. The largest absolute Gasteiger partial charge is 0.357 e. The molecule has 30 heavy (non-hydrogen) atoms. The predicted molar refractivity (Wildman–Crippen MR) is 136 cm³/mol. The molecule has 0 bridgehead atoms. The van der Waals surface area contributed by atoms with Crippen LogP contribution in [0.5, 0.6) is 0 Å². The first-order valence-corrected chi connectivity index (χ1v) is 11.4. The minimum Gasteiger partial charge on any atom is -0.357 e. The minimum atomic E-state index is -1.00. The number of aliphatic imine (C=N–C) groups is 1. The molecule has 1 unspecified atom stereocenters. The van der Waals surface area contributed by atoms with Crippen molar-refractivity contribution in [1.29, 1.82) is 0 Å². The molecule has 0 spiro atoms. The fourth-order valence-electron chi connectivity index (χ4n) is 3.19. The van der Waals surface area contributed by atoms with Gasteiger partial charge in [0.05, 0.1) is 21.8 Å². The van der Waals surface area contributed by atoms with Crippen LogP contribution in [0, 0.1) is 6.92 Å². The summed E-state index contributed by atoms with van der Waals surface area (Å²) in [4.78, 5) is 10.1. The molecule has 3 aromatic rings. The summed E-state index contributed by atoms with van der Waals surface area (Å²) in [7, 11) is -1.00. The Labute approximate surface area is 198 Å². The highest BCUT2D eigenvalue weighted by Crippen LogP contribution is 2.15. The van der Waals surface area contributed by atoms with Gasteiger partial charge in [-0.05, 0) is 44.5 Å². The van der Waals surface area contributed by atoms with E-state index in [1.165, 1.54) is 5.52 Å². The van der Waals surface area contributed by atoms with E-state index < -0.39 is 10.8 Å². The molecule has 0 aliphatic rings. The fourth-order valence-corrected chi connectivity index (χ4v) is 4.18. The second-order valence-electron chi connectivity index (χ2n) is 6.70. The van der Waals surface area contributed by atoms with Gasteiger partial charge in [-0.15, -0.1) is 24.0 Å². The van der Waals surface area contributed by atoms with Crippen LogP contribution in [0.2, 0.25) is 0 Å². The number of hydrogen-bond acceptors (Lipinski definition) is 3. The van der Waals surface area contributed by atoms with Crippen LogP contribution >= 0.6 is 24.0 Å². The van der Waals surface area contributed by atoms with Crippen LogP contribution < -0.4 is 10.6 Å². The molecule has 0 fully saturated rings. The Morgan fingerprint density at radius 2 is 1.83 bits per heavy atom. The summed E-state index contributed by atoms with van der Waals surface area (Å²) >= 11 is 0. The molecular formula is C22H30IN5OS. The molecule has 0 amide bonds. The highest BCUT2D eigenvalue weighted by atomic mass is 127. The molecule has 1 aromatic heterocycles. The van der Waals surface area contributed by atoms with E-state index in [9.17, 15) is 4.21 Å². The van der Waals surface area contributed by atoms with Crippen LogP contribution in [0.15, 0.2) is 64.5 Å². The minimum absolute atomic E-state index is 0. The number of rotatable bonds is 9. The summed E-state index contributed by atoms with van der Waals surface area (Å²) in [5.74, 6) is 2.35. The summed E-state index contributed by atoms with van der Waals surface area (Å²) in [6, 6.07) is 17.8. The SMILES string of the molecule is CCNC(=NCCCn1c(C)nc2ccccc21)NCCS(=O)c1ccccc1.I. The van der Waals surface area contributed by atoms with Crippen LogP contribution in [0.25, 0.3) is 11.0 Å². The zero-order valence-electron chi connectivity index (χ0n) is 17.5. The number of nitrogens with one attached hydrogen (secondary N) is 2. The smallest absolute Gasteiger partial charge is 0.191 e. The van der Waals surface area contributed by atoms with Gasteiger partial charge in [0.2, 0.25) is 0 Å². The Hall–Kier alpha value is -1.94. The number of fused-ring (bicyclic) bond motifs is 1. The predicted octanol–water partition coefficient (Wildman–Crippen LogP) is 3.72. The standard InChI is InChI=1S/C22H29N5OS.HI/c1-3-23-22(25-15-17-29(28)19-10-5-4-6-11-19)24-14-9-16-27-18(2)26-20-12-7-8-13-21(20)27;/h4-8,10-13H,3,9,14-17H2,1-2H3,(H2,23,24,25);1H. The monoisotopic (exact) mass is 539 g/mol. The summed E-state index contributed by atoms with van der Waals surface area (Å²) in [6.45, 7) is 7.08. The topological polar surface area (TPSA) is 71.3 Å². The van der Waals surface area contributed by atoms with Gasteiger partial charge >= 0.3 is 0 Å². The molecular weight excluding hydrogens is 509 g/mol. The number of para-hydroxylation sites is 2. The van der Waals surface area contributed by atoms with Gasteiger partial charge in [0.25, 0.3) is 0 Å². The second kappa shape index (κ2) is 12.7. The molecule has 0 aliphatic carbocycles. The summed E-state index contributed by atoms with van der Waals surface area (Å²) in [6.07, 6.45) is 0.924. The van der Waals surface area contributed by atoms with Crippen molar-refractivity contribution in [2.75, 3.05) is 25.4 Å². The first-order chi connectivity index (χ1) is 14.2. The Kier molecular flexibility index (Phi) is 10.3. The third-order valence-electron chi connectivity index (χ3n) is 4.59. The van der Waals surface area contributed by atoms with E-state index in [1.54, 1.807) is 0 Å². The molecule has 0 saturated carbocycles. The molecule has 2 N–H and O–H groups in total. The van der Waals surface area contributed by atoms with Gasteiger partial charge in [0.15, 0.2) is 5.96 Å². The Morgan fingerprint density at radius 1 is 1.10 bits per heavy atom. The molecule has 1 heterocycles. The maximum Gasteiger partial charge on any atom is 0.191 e. The van der Waals surface area contributed by atoms with E-state index in [0.29, 0.717) is 18.8 Å². The zero-order valence-corrected chi connectivity index (χ0v) is 20.7. The van der Waals surface area contributed by atoms with E-state index in [4.69, 9.17) is 0 Å². The molecule has 162 valence electrons. The van der Waals surface area contributed by atoms with Crippen molar-refractivity contribution < 1.29 is 4.21 Å². The molecule has 0 aliphatic heterocycles. The number of benzene rings is 2. The molecule has 0 radical (unpaired) electrons. The average Bonchev–Trinajstić information content (AvgIpc) is 3.06. The van der Waals surface area contributed by atoms with Crippen LogP contribution in [0.1, 0.15) is 19.2 Å². The fraction of sp³-hybridized carbons (Fsp3) is 0.364. The number of aryl methyl sites for hydroxylation is 2. The normalized spacial score (nSPS) is 12.4.